The molecule has 0 N–H and O–H groups in total. The molecule has 0 amide bonds. The molecule has 0 fully saturated rings. The van der Waals surface area contributed by atoms with E-state index in [0.717, 1.165) is 50.3 Å². The van der Waals surface area contributed by atoms with Gasteiger partial charge in [-0.05, 0) is 80.1 Å². The summed E-state index contributed by atoms with van der Waals surface area (Å²) in [6.07, 6.45) is 8.02. The van der Waals surface area contributed by atoms with E-state index in [9.17, 15) is 0 Å². The first-order valence-corrected chi connectivity index (χ1v) is 17.3. The molecule has 0 unspecified atom stereocenters. The van der Waals surface area contributed by atoms with Crippen LogP contribution in [0.5, 0.6) is 0 Å². The molecule has 0 aliphatic rings. The van der Waals surface area contributed by atoms with Gasteiger partial charge in [-0.2, -0.15) is 0 Å². The minimum atomic E-state index is 0.689. The molecule has 2 nitrogen and oxygen atoms in total. The number of benzene rings is 7. The molecule has 0 bridgehead atoms. The van der Waals surface area contributed by atoms with E-state index in [1.165, 1.54) is 32.7 Å². The van der Waals surface area contributed by atoms with Gasteiger partial charge in [-0.1, -0.05) is 176 Å². The van der Waals surface area contributed by atoms with Crippen LogP contribution in [0.15, 0.2) is 195 Å². The molecule has 1 heterocycles. The molecular formula is C49H36N2. The van der Waals surface area contributed by atoms with E-state index in [2.05, 4.69) is 170 Å². The second-order valence-electron chi connectivity index (χ2n) is 12.6. The summed E-state index contributed by atoms with van der Waals surface area (Å²) in [5.41, 5.74) is 11.6. The van der Waals surface area contributed by atoms with Gasteiger partial charge in [0.2, 0.25) is 0 Å². The highest BCUT2D eigenvalue weighted by Crippen LogP contribution is 2.36. The van der Waals surface area contributed by atoms with Gasteiger partial charge in [0, 0.05) is 16.7 Å². The van der Waals surface area contributed by atoms with Crippen LogP contribution in [0.3, 0.4) is 0 Å². The number of nitrogens with zero attached hydrogens (tertiary/aromatic N) is 2. The molecule has 0 spiro atoms. The average molecular weight is 653 g/mol. The molecule has 0 aliphatic carbocycles. The summed E-state index contributed by atoms with van der Waals surface area (Å²) in [6.45, 7) is 6.03. The number of aromatic nitrogens is 2. The molecule has 0 aliphatic heterocycles. The summed E-state index contributed by atoms with van der Waals surface area (Å²) >= 11 is 0. The minimum absolute atomic E-state index is 0.689. The Morgan fingerprint density at radius 3 is 1.78 bits per heavy atom. The van der Waals surface area contributed by atoms with E-state index >= 15 is 0 Å². The maximum atomic E-state index is 5.18. The zero-order chi connectivity index (χ0) is 34.6. The molecule has 2 heteroatoms. The van der Waals surface area contributed by atoms with Crippen molar-refractivity contribution in [3.8, 4) is 56.2 Å². The predicted molar refractivity (Wildman–Crippen MR) is 217 cm³/mol. The fourth-order valence-corrected chi connectivity index (χ4v) is 6.77. The number of rotatable bonds is 8. The van der Waals surface area contributed by atoms with Gasteiger partial charge in [0.15, 0.2) is 5.82 Å². The Morgan fingerprint density at radius 2 is 1.08 bits per heavy atom. The van der Waals surface area contributed by atoms with Crippen LogP contribution in [0.1, 0.15) is 12.5 Å². The molecule has 0 saturated heterocycles. The van der Waals surface area contributed by atoms with Crippen molar-refractivity contribution in [1.29, 1.82) is 0 Å². The van der Waals surface area contributed by atoms with Crippen LogP contribution >= 0.6 is 0 Å². The van der Waals surface area contributed by atoms with E-state index in [4.69, 9.17) is 9.97 Å². The number of hydrogen-bond acceptors (Lipinski definition) is 2. The van der Waals surface area contributed by atoms with Crippen LogP contribution in [-0.4, -0.2) is 9.97 Å². The van der Waals surface area contributed by atoms with Crippen molar-refractivity contribution >= 4 is 27.1 Å². The lowest BCUT2D eigenvalue weighted by atomic mass is 9.92. The van der Waals surface area contributed by atoms with Gasteiger partial charge in [0.05, 0.1) is 11.4 Å². The van der Waals surface area contributed by atoms with Crippen molar-refractivity contribution in [2.45, 2.75) is 6.92 Å². The Morgan fingerprint density at radius 1 is 0.490 bits per heavy atom. The third kappa shape index (κ3) is 6.44. The van der Waals surface area contributed by atoms with Crippen molar-refractivity contribution in [3.05, 3.63) is 200 Å². The van der Waals surface area contributed by atoms with Gasteiger partial charge in [-0.25, -0.2) is 9.97 Å². The summed E-state index contributed by atoms with van der Waals surface area (Å²) in [6, 6.07) is 57.9. The SMILES string of the molecule is C=C/C(=C\C=C/C)c1ccc(-c2cc(-c3ccc(-c4cc5ccccc5c5ccccc45)cc3)nc(-c3cccc(-c4ccccc4)c3)n2)cc1. The lowest BCUT2D eigenvalue weighted by Crippen LogP contribution is -1.96. The molecule has 242 valence electrons. The summed E-state index contributed by atoms with van der Waals surface area (Å²) in [4.78, 5) is 10.3. The van der Waals surface area contributed by atoms with E-state index in [1.807, 2.05) is 31.2 Å². The Labute approximate surface area is 299 Å². The Bertz CT molecular complexity index is 2570. The zero-order valence-corrected chi connectivity index (χ0v) is 28.5. The van der Waals surface area contributed by atoms with Crippen LogP contribution in [0.2, 0.25) is 0 Å². The van der Waals surface area contributed by atoms with Crippen LogP contribution in [0, 0.1) is 0 Å². The normalized spacial score (nSPS) is 11.7. The summed E-state index contributed by atoms with van der Waals surface area (Å²) < 4.78 is 0. The zero-order valence-electron chi connectivity index (χ0n) is 28.5. The highest BCUT2D eigenvalue weighted by Gasteiger charge is 2.14. The summed E-state index contributed by atoms with van der Waals surface area (Å²) in [5, 5.41) is 5.02. The second-order valence-corrected chi connectivity index (χ2v) is 12.6. The standard InChI is InChI=1S/C49H36N2/c1-3-5-14-34(4-2)36-23-27-38(28-24-36)47-33-48(51-49(50-47)42-19-13-18-40(31-42)35-15-7-6-8-16-35)39-29-25-37(26-30-39)46-32-41-17-9-10-20-43(41)44-21-11-12-22-45(44)46/h3-33H,2H2,1H3/b5-3-,34-14+. The van der Waals surface area contributed by atoms with Crippen molar-refractivity contribution in [1.82, 2.24) is 9.97 Å². The summed E-state index contributed by atoms with van der Waals surface area (Å²) in [7, 11) is 0. The summed E-state index contributed by atoms with van der Waals surface area (Å²) in [5.74, 6) is 0.689. The van der Waals surface area contributed by atoms with E-state index in [1.54, 1.807) is 0 Å². The first-order chi connectivity index (χ1) is 25.2. The van der Waals surface area contributed by atoms with Crippen molar-refractivity contribution < 1.29 is 0 Å². The first kappa shape index (κ1) is 31.6. The van der Waals surface area contributed by atoms with Gasteiger partial charge < -0.3 is 0 Å². The van der Waals surface area contributed by atoms with Crippen molar-refractivity contribution in [3.63, 3.8) is 0 Å². The number of hydrogen-bond donors (Lipinski definition) is 0. The fraction of sp³-hybridized carbons (Fsp3) is 0.0204. The van der Waals surface area contributed by atoms with Crippen molar-refractivity contribution in [2.24, 2.45) is 0 Å². The molecular weight excluding hydrogens is 617 g/mol. The largest absolute Gasteiger partial charge is 0.228 e. The average Bonchev–Trinajstić information content (AvgIpc) is 3.21. The van der Waals surface area contributed by atoms with Crippen LogP contribution in [-0.2, 0) is 0 Å². The molecule has 8 rings (SSSR count). The Kier molecular flexibility index (Phi) is 8.72. The van der Waals surface area contributed by atoms with Gasteiger partial charge in [-0.15, -0.1) is 0 Å². The smallest absolute Gasteiger partial charge is 0.160 e. The molecule has 0 radical (unpaired) electrons. The molecule has 7 aromatic carbocycles. The van der Waals surface area contributed by atoms with Crippen LogP contribution < -0.4 is 0 Å². The highest BCUT2D eigenvalue weighted by molar-refractivity contribution is 6.13. The van der Waals surface area contributed by atoms with Gasteiger partial charge in [0.1, 0.15) is 0 Å². The highest BCUT2D eigenvalue weighted by atomic mass is 14.9. The molecule has 1 aromatic heterocycles. The molecule has 8 aromatic rings. The fourth-order valence-electron chi connectivity index (χ4n) is 6.77. The third-order valence-corrected chi connectivity index (χ3v) is 9.42. The van der Waals surface area contributed by atoms with Gasteiger partial charge in [-0.3, -0.25) is 0 Å². The quantitative estimate of drug-likeness (QED) is 0.121. The Hall–Kier alpha value is -6.64. The number of allylic oxidation sites excluding steroid dienone is 5. The molecule has 0 saturated carbocycles. The van der Waals surface area contributed by atoms with E-state index < -0.39 is 0 Å². The first-order valence-electron chi connectivity index (χ1n) is 17.3. The van der Waals surface area contributed by atoms with Crippen molar-refractivity contribution in [2.75, 3.05) is 0 Å². The third-order valence-electron chi connectivity index (χ3n) is 9.42. The van der Waals surface area contributed by atoms with Gasteiger partial charge in [0.25, 0.3) is 0 Å². The minimum Gasteiger partial charge on any atom is -0.228 e. The second kappa shape index (κ2) is 14.1. The molecule has 51 heavy (non-hydrogen) atoms. The number of fused-ring (bicyclic) bond motifs is 3. The maximum absolute atomic E-state index is 5.18. The van der Waals surface area contributed by atoms with Gasteiger partial charge >= 0.3 is 0 Å². The topological polar surface area (TPSA) is 25.8 Å². The monoisotopic (exact) mass is 652 g/mol. The van der Waals surface area contributed by atoms with E-state index in [0.29, 0.717) is 5.82 Å². The Balaban J connectivity index is 1.23. The van der Waals surface area contributed by atoms with Crippen LogP contribution in [0.4, 0.5) is 0 Å². The maximum Gasteiger partial charge on any atom is 0.160 e. The predicted octanol–water partition coefficient (Wildman–Crippen LogP) is 13.3. The lowest BCUT2D eigenvalue weighted by Gasteiger charge is -2.13. The molecule has 0 atom stereocenters. The van der Waals surface area contributed by atoms with E-state index in [-0.39, 0.29) is 0 Å². The van der Waals surface area contributed by atoms with Crippen LogP contribution in [0.25, 0.3) is 83.3 Å². The lowest BCUT2D eigenvalue weighted by molar-refractivity contribution is 1.18.